The lowest BCUT2D eigenvalue weighted by atomic mass is 10.1. The molecule has 6 heteroatoms. The minimum Gasteiger partial charge on any atom is -0.482 e. The van der Waals surface area contributed by atoms with Gasteiger partial charge in [-0.15, -0.1) is 0 Å². The molecule has 0 bridgehead atoms. The number of pyridine rings is 1. The molecule has 0 aromatic carbocycles. The first-order valence-corrected chi connectivity index (χ1v) is 4.71. The number of ether oxygens (including phenoxy) is 1. The van der Waals surface area contributed by atoms with Gasteiger partial charge in [0.2, 0.25) is 0 Å². The molecule has 90 valence electrons. The minimum atomic E-state index is -4.34. The highest BCUT2D eigenvalue weighted by molar-refractivity contribution is 5.29. The van der Waals surface area contributed by atoms with Gasteiger partial charge in [0, 0.05) is 6.04 Å². The van der Waals surface area contributed by atoms with Crippen molar-refractivity contribution < 1.29 is 17.9 Å². The SMILES string of the molecule is Cc1cc(OCC(F)(F)F)cnc1[C@@H](C)N. The van der Waals surface area contributed by atoms with Gasteiger partial charge in [-0.05, 0) is 25.5 Å². The van der Waals surface area contributed by atoms with Crippen molar-refractivity contribution >= 4 is 0 Å². The standard InChI is InChI=1S/C10H13F3N2O/c1-6-3-8(16-5-10(11,12)13)4-15-9(6)7(2)14/h3-4,7H,5,14H2,1-2H3/t7-/m1/s1. The van der Waals surface area contributed by atoms with Gasteiger partial charge in [-0.1, -0.05) is 0 Å². The number of aromatic nitrogens is 1. The van der Waals surface area contributed by atoms with Gasteiger partial charge < -0.3 is 10.5 Å². The Hall–Kier alpha value is -1.30. The van der Waals surface area contributed by atoms with Gasteiger partial charge in [0.05, 0.1) is 11.9 Å². The summed E-state index contributed by atoms with van der Waals surface area (Å²) in [5, 5.41) is 0. The lowest BCUT2D eigenvalue weighted by Crippen LogP contribution is -2.19. The van der Waals surface area contributed by atoms with Crippen LogP contribution in [0.1, 0.15) is 24.2 Å². The van der Waals surface area contributed by atoms with Gasteiger partial charge >= 0.3 is 6.18 Å². The molecule has 0 saturated carbocycles. The van der Waals surface area contributed by atoms with E-state index in [2.05, 4.69) is 9.72 Å². The largest absolute Gasteiger partial charge is 0.482 e. The number of hydrogen-bond acceptors (Lipinski definition) is 3. The maximum absolute atomic E-state index is 11.9. The molecule has 0 saturated heterocycles. The molecule has 2 N–H and O–H groups in total. The molecule has 1 aromatic heterocycles. The van der Waals surface area contributed by atoms with Crippen molar-refractivity contribution in [3.8, 4) is 5.75 Å². The number of rotatable bonds is 3. The Morgan fingerprint density at radius 2 is 2.12 bits per heavy atom. The van der Waals surface area contributed by atoms with Gasteiger partial charge in [0.15, 0.2) is 6.61 Å². The summed E-state index contributed by atoms with van der Waals surface area (Å²) in [7, 11) is 0. The summed E-state index contributed by atoms with van der Waals surface area (Å²) in [6.45, 7) is 2.17. The van der Waals surface area contributed by atoms with E-state index in [0.29, 0.717) is 5.69 Å². The van der Waals surface area contributed by atoms with Crippen LogP contribution in [0.3, 0.4) is 0 Å². The van der Waals surface area contributed by atoms with E-state index in [0.717, 1.165) is 5.56 Å². The predicted octanol–water partition coefficient (Wildman–Crippen LogP) is 2.35. The highest BCUT2D eigenvalue weighted by atomic mass is 19.4. The number of nitrogens with two attached hydrogens (primary N) is 1. The Morgan fingerprint density at radius 3 is 2.56 bits per heavy atom. The number of hydrogen-bond donors (Lipinski definition) is 1. The van der Waals surface area contributed by atoms with E-state index in [9.17, 15) is 13.2 Å². The Bertz CT molecular complexity index is 364. The topological polar surface area (TPSA) is 48.1 Å². The molecule has 0 radical (unpaired) electrons. The van der Waals surface area contributed by atoms with E-state index in [1.54, 1.807) is 13.8 Å². The summed E-state index contributed by atoms with van der Waals surface area (Å²) < 4.78 is 40.2. The van der Waals surface area contributed by atoms with Crippen molar-refractivity contribution in [3.05, 3.63) is 23.5 Å². The number of alkyl halides is 3. The van der Waals surface area contributed by atoms with Crippen molar-refractivity contribution in [1.82, 2.24) is 4.98 Å². The van der Waals surface area contributed by atoms with Crippen LogP contribution >= 0.6 is 0 Å². The maximum Gasteiger partial charge on any atom is 0.422 e. The highest BCUT2D eigenvalue weighted by Gasteiger charge is 2.28. The van der Waals surface area contributed by atoms with Gasteiger partial charge in [0.25, 0.3) is 0 Å². The third kappa shape index (κ3) is 3.69. The summed E-state index contributed by atoms with van der Waals surface area (Å²) >= 11 is 0. The quantitative estimate of drug-likeness (QED) is 0.873. The van der Waals surface area contributed by atoms with Crippen LogP contribution in [0.15, 0.2) is 12.3 Å². The average Bonchev–Trinajstić information content (AvgIpc) is 2.13. The Morgan fingerprint density at radius 1 is 1.50 bits per heavy atom. The molecule has 1 rings (SSSR count). The molecule has 0 unspecified atom stereocenters. The fourth-order valence-corrected chi connectivity index (χ4v) is 1.28. The van der Waals surface area contributed by atoms with E-state index in [1.165, 1.54) is 12.3 Å². The lowest BCUT2D eigenvalue weighted by molar-refractivity contribution is -0.153. The molecule has 0 spiro atoms. The van der Waals surface area contributed by atoms with E-state index in [1.807, 2.05) is 0 Å². The van der Waals surface area contributed by atoms with Crippen molar-refractivity contribution in [1.29, 1.82) is 0 Å². The first kappa shape index (κ1) is 12.8. The Balaban J connectivity index is 2.74. The second-order valence-electron chi connectivity index (χ2n) is 3.57. The predicted molar refractivity (Wildman–Crippen MR) is 53.1 cm³/mol. The molecule has 1 heterocycles. The first-order valence-electron chi connectivity index (χ1n) is 4.71. The third-order valence-electron chi connectivity index (χ3n) is 1.93. The molecule has 16 heavy (non-hydrogen) atoms. The fraction of sp³-hybridized carbons (Fsp3) is 0.500. The zero-order chi connectivity index (χ0) is 12.3. The van der Waals surface area contributed by atoms with Crippen molar-refractivity contribution in [2.45, 2.75) is 26.1 Å². The van der Waals surface area contributed by atoms with Crippen LogP contribution in [0, 0.1) is 6.92 Å². The van der Waals surface area contributed by atoms with Crippen LogP contribution in [-0.4, -0.2) is 17.8 Å². The van der Waals surface area contributed by atoms with Crippen LogP contribution in [0.4, 0.5) is 13.2 Å². The molecular formula is C10H13F3N2O. The van der Waals surface area contributed by atoms with Crippen molar-refractivity contribution in [2.24, 2.45) is 5.73 Å². The molecule has 0 fully saturated rings. The molecule has 3 nitrogen and oxygen atoms in total. The molecule has 0 amide bonds. The lowest BCUT2D eigenvalue weighted by Gasteiger charge is -2.12. The monoisotopic (exact) mass is 234 g/mol. The third-order valence-corrected chi connectivity index (χ3v) is 1.93. The number of halogens is 3. The van der Waals surface area contributed by atoms with Gasteiger partial charge in [-0.2, -0.15) is 13.2 Å². The first-order chi connectivity index (χ1) is 7.29. The van der Waals surface area contributed by atoms with Gasteiger partial charge in [-0.3, -0.25) is 4.98 Å². The van der Waals surface area contributed by atoms with Crippen LogP contribution in [-0.2, 0) is 0 Å². The van der Waals surface area contributed by atoms with E-state index < -0.39 is 12.8 Å². The van der Waals surface area contributed by atoms with Gasteiger partial charge in [-0.25, -0.2) is 0 Å². The van der Waals surface area contributed by atoms with Crippen LogP contribution in [0.5, 0.6) is 5.75 Å². The minimum absolute atomic E-state index is 0.0965. The zero-order valence-corrected chi connectivity index (χ0v) is 9.01. The molecule has 0 aliphatic heterocycles. The zero-order valence-electron chi connectivity index (χ0n) is 9.01. The second-order valence-corrected chi connectivity index (χ2v) is 3.57. The molecule has 1 atom stereocenters. The molecule has 0 aliphatic rings. The van der Waals surface area contributed by atoms with Gasteiger partial charge in [0.1, 0.15) is 5.75 Å². The van der Waals surface area contributed by atoms with Crippen LogP contribution in [0.2, 0.25) is 0 Å². The van der Waals surface area contributed by atoms with Crippen LogP contribution < -0.4 is 10.5 Å². The molecule has 1 aromatic rings. The summed E-state index contributed by atoms with van der Waals surface area (Å²) in [4.78, 5) is 3.96. The van der Waals surface area contributed by atoms with E-state index in [-0.39, 0.29) is 11.8 Å². The molecule has 0 aliphatic carbocycles. The van der Waals surface area contributed by atoms with Crippen molar-refractivity contribution in [2.75, 3.05) is 6.61 Å². The smallest absolute Gasteiger partial charge is 0.422 e. The normalized spacial score (nSPS) is 13.6. The second kappa shape index (κ2) is 4.69. The van der Waals surface area contributed by atoms with E-state index >= 15 is 0 Å². The summed E-state index contributed by atoms with van der Waals surface area (Å²) in [6, 6.07) is 1.24. The number of nitrogens with zero attached hydrogens (tertiary/aromatic N) is 1. The van der Waals surface area contributed by atoms with Crippen molar-refractivity contribution in [3.63, 3.8) is 0 Å². The Kier molecular flexibility index (Phi) is 3.74. The fourth-order valence-electron chi connectivity index (χ4n) is 1.28. The maximum atomic E-state index is 11.9. The highest BCUT2D eigenvalue weighted by Crippen LogP contribution is 2.21. The van der Waals surface area contributed by atoms with E-state index in [4.69, 9.17) is 5.73 Å². The Labute approximate surface area is 91.4 Å². The summed E-state index contributed by atoms with van der Waals surface area (Å²) in [5.74, 6) is 0.0965. The average molecular weight is 234 g/mol. The summed E-state index contributed by atoms with van der Waals surface area (Å²) in [6.07, 6.45) is -3.09. The summed E-state index contributed by atoms with van der Waals surface area (Å²) in [5.41, 5.74) is 6.99. The molecular weight excluding hydrogens is 221 g/mol. The van der Waals surface area contributed by atoms with Crippen LogP contribution in [0.25, 0.3) is 0 Å². The number of aryl methyl sites for hydroxylation is 1.